The molecule has 4 unspecified atom stereocenters. The number of ether oxygens (including phenoxy) is 7. The van der Waals surface area contributed by atoms with Crippen LogP contribution in [0.15, 0.2) is 0 Å². The number of methoxy groups -OCH3 is 4. The van der Waals surface area contributed by atoms with Gasteiger partial charge in [-0.2, -0.15) is 0 Å². The smallest absolute Gasteiger partial charge is 0.187 e. The zero-order chi connectivity index (χ0) is 21.6. The van der Waals surface area contributed by atoms with Gasteiger partial charge in [0, 0.05) is 28.4 Å². The maximum Gasteiger partial charge on any atom is 0.187 e. The van der Waals surface area contributed by atoms with Gasteiger partial charge in [-0.3, -0.25) is 0 Å². The molecule has 0 bridgehead atoms. The van der Waals surface area contributed by atoms with Gasteiger partial charge in [0.05, 0.1) is 13.2 Å². The van der Waals surface area contributed by atoms with Crippen molar-refractivity contribution < 1.29 is 48.5 Å². The molecule has 0 aliphatic carbocycles. The quantitative estimate of drug-likeness (QED) is 0.385. The van der Waals surface area contributed by atoms with Gasteiger partial charge >= 0.3 is 0 Å². The molecule has 2 aliphatic heterocycles. The van der Waals surface area contributed by atoms with E-state index >= 15 is 0 Å². The van der Waals surface area contributed by atoms with Crippen molar-refractivity contribution in [1.82, 2.24) is 0 Å². The third-order valence-corrected chi connectivity index (χ3v) is 6.32. The van der Waals surface area contributed by atoms with Crippen LogP contribution in [0.5, 0.6) is 0 Å². The maximum atomic E-state index is 10.4. The molecule has 172 valence electrons. The van der Waals surface area contributed by atoms with Gasteiger partial charge in [0.1, 0.15) is 54.3 Å². The predicted molar refractivity (Wildman–Crippen MR) is 104 cm³/mol. The zero-order valence-electron chi connectivity index (χ0n) is 17.5. The molecule has 0 amide bonds. The largest absolute Gasteiger partial charge is 0.394 e. The van der Waals surface area contributed by atoms with E-state index in [9.17, 15) is 15.3 Å². The number of hydrogen-bond donors (Lipinski definition) is 3. The van der Waals surface area contributed by atoms with E-state index in [-0.39, 0.29) is 12.0 Å². The van der Waals surface area contributed by atoms with Crippen LogP contribution in [-0.4, -0.2) is 123 Å². The molecule has 0 radical (unpaired) electrons. The minimum absolute atomic E-state index is 0.300. The van der Waals surface area contributed by atoms with E-state index in [1.807, 2.05) is 6.92 Å². The van der Waals surface area contributed by atoms with E-state index in [2.05, 4.69) is 0 Å². The van der Waals surface area contributed by atoms with Crippen LogP contribution in [0, 0.1) is 0 Å². The van der Waals surface area contributed by atoms with Crippen molar-refractivity contribution >= 4 is 11.8 Å². The van der Waals surface area contributed by atoms with Gasteiger partial charge in [-0.25, -0.2) is 0 Å². The van der Waals surface area contributed by atoms with Crippen LogP contribution >= 0.6 is 11.8 Å². The second-order valence-electron chi connectivity index (χ2n) is 6.80. The molecule has 2 fully saturated rings. The van der Waals surface area contributed by atoms with Crippen molar-refractivity contribution in [2.24, 2.45) is 0 Å². The fraction of sp³-hybridized carbons (Fsp3) is 1.00. The first kappa shape index (κ1) is 25.2. The second-order valence-corrected chi connectivity index (χ2v) is 8.17. The van der Waals surface area contributed by atoms with Gasteiger partial charge in [0.15, 0.2) is 6.29 Å². The fourth-order valence-electron chi connectivity index (χ4n) is 3.83. The van der Waals surface area contributed by atoms with E-state index in [4.69, 9.17) is 33.2 Å². The van der Waals surface area contributed by atoms with Crippen LogP contribution in [0.4, 0.5) is 0 Å². The van der Waals surface area contributed by atoms with E-state index in [0.29, 0.717) is 0 Å². The van der Waals surface area contributed by atoms with Crippen LogP contribution in [0.1, 0.15) is 6.92 Å². The zero-order valence-corrected chi connectivity index (χ0v) is 18.3. The van der Waals surface area contributed by atoms with Crippen molar-refractivity contribution in [3.8, 4) is 0 Å². The summed E-state index contributed by atoms with van der Waals surface area (Å²) in [6.07, 6.45) is -7.03. The molecule has 11 heteroatoms. The third kappa shape index (κ3) is 5.42. The molecule has 2 heterocycles. The summed E-state index contributed by atoms with van der Waals surface area (Å²) in [7, 11) is 5.98. The Morgan fingerprint density at radius 1 is 0.759 bits per heavy atom. The Balaban J connectivity index is 2.27. The van der Waals surface area contributed by atoms with E-state index in [0.717, 1.165) is 5.75 Å². The minimum atomic E-state index is -1.10. The highest BCUT2D eigenvalue weighted by Gasteiger charge is 2.52. The number of thioether (sulfide) groups is 1. The molecule has 3 N–H and O–H groups in total. The topological polar surface area (TPSA) is 125 Å². The SMILES string of the molecule is CCS[C@@H]1OC(CO)[C@@H](O[C@H]2OC(CO)[C@@H](O)[C@H](OC)C2OC)[C@H](OC)C1OC. The summed E-state index contributed by atoms with van der Waals surface area (Å²) in [5, 5.41) is 29.9. The first-order chi connectivity index (χ1) is 14.0. The molecule has 10 atom stereocenters. The minimum Gasteiger partial charge on any atom is -0.394 e. The lowest BCUT2D eigenvalue weighted by atomic mass is 9.97. The van der Waals surface area contributed by atoms with Crippen LogP contribution in [0.25, 0.3) is 0 Å². The first-order valence-corrected chi connectivity index (χ1v) is 10.6. The van der Waals surface area contributed by atoms with Crippen molar-refractivity contribution in [3.63, 3.8) is 0 Å². The predicted octanol–water partition coefficient (Wildman–Crippen LogP) is -1.02. The van der Waals surface area contributed by atoms with Crippen molar-refractivity contribution in [3.05, 3.63) is 0 Å². The standard InChI is InChI=1S/C18H34O10S/c1-6-29-18-16(25-5)14(23-3)12(10(8-20)27-18)28-17-15(24-4)13(22-2)11(21)9(7-19)26-17/h9-21H,6-8H2,1-5H3/t9?,10?,11-,12-,13+,14+,15?,16?,17-,18+/m1/s1. The monoisotopic (exact) mass is 442 g/mol. The van der Waals surface area contributed by atoms with Gasteiger partial charge < -0.3 is 48.5 Å². The van der Waals surface area contributed by atoms with Crippen LogP contribution in [-0.2, 0) is 33.2 Å². The summed E-state index contributed by atoms with van der Waals surface area (Å²) in [5.74, 6) is 0.799. The Hall–Kier alpha value is -0.0500. The Kier molecular flexibility index (Phi) is 10.5. The van der Waals surface area contributed by atoms with Gasteiger partial charge in [0.25, 0.3) is 0 Å². The summed E-state index contributed by atoms with van der Waals surface area (Å²) in [5.41, 5.74) is -0.337. The summed E-state index contributed by atoms with van der Waals surface area (Å²) < 4.78 is 40.1. The maximum absolute atomic E-state index is 10.4. The lowest BCUT2D eigenvalue weighted by molar-refractivity contribution is -0.345. The molecule has 0 aromatic carbocycles. The van der Waals surface area contributed by atoms with Crippen LogP contribution in [0.3, 0.4) is 0 Å². The lowest BCUT2D eigenvalue weighted by Gasteiger charge is -2.48. The molecular weight excluding hydrogens is 408 g/mol. The van der Waals surface area contributed by atoms with Crippen molar-refractivity contribution in [2.45, 2.75) is 67.5 Å². The molecule has 29 heavy (non-hydrogen) atoms. The molecule has 2 aliphatic rings. The highest BCUT2D eigenvalue weighted by molar-refractivity contribution is 7.99. The first-order valence-electron chi connectivity index (χ1n) is 9.60. The summed E-state index contributed by atoms with van der Waals surface area (Å²) in [6.45, 7) is 1.28. The molecule has 0 aromatic heterocycles. The van der Waals surface area contributed by atoms with Crippen molar-refractivity contribution in [2.75, 3.05) is 47.4 Å². The van der Waals surface area contributed by atoms with Gasteiger partial charge in [-0.15, -0.1) is 11.8 Å². The number of aliphatic hydroxyl groups is 3. The van der Waals surface area contributed by atoms with E-state index < -0.39 is 61.7 Å². The lowest BCUT2D eigenvalue weighted by Crippen LogP contribution is -2.65. The fourth-order valence-corrected chi connectivity index (χ4v) is 4.84. The van der Waals surface area contributed by atoms with Crippen LogP contribution in [0.2, 0.25) is 0 Å². The van der Waals surface area contributed by atoms with Gasteiger partial charge in [-0.1, -0.05) is 6.92 Å². The summed E-state index contributed by atoms with van der Waals surface area (Å²) in [6, 6.07) is 0. The molecular formula is C18H34O10S. The van der Waals surface area contributed by atoms with E-state index in [1.165, 1.54) is 21.3 Å². The highest BCUT2D eigenvalue weighted by Crippen LogP contribution is 2.35. The molecule has 0 spiro atoms. The summed E-state index contributed by atoms with van der Waals surface area (Å²) in [4.78, 5) is 0. The Morgan fingerprint density at radius 2 is 1.34 bits per heavy atom. The van der Waals surface area contributed by atoms with Gasteiger partial charge in [0.2, 0.25) is 0 Å². The van der Waals surface area contributed by atoms with E-state index in [1.54, 1.807) is 18.9 Å². The molecule has 0 aromatic rings. The average Bonchev–Trinajstić information content (AvgIpc) is 2.74. The Bertz CT molecular complexity index is 472. The molecule has 2 saturated heterocycles. The Morgan fingerprint density at radius 3 is 1.83 bits per heavy atom. The molecule has 0 saturated carbocycles. The molecule has 2 rings (SSSR count). The second kappa shape index (κ2) is 12.1. The van der Waals surface area contributed by atoms with Crippen molar-refractivity contribution in [1.29, 1.82) is 0 Å². The highest BCUT2D eigenvalue weighted by atomic mass is 32.2. The van der Waals surface area contributed by atoms with Crippen LogP contribution < -0.4 is 0 Å². The molecule has 10 nitrogen and oxygen atoms in total. The Labute approximate surface area is 175 Å². The average molecular weight is 443 g/mol. The number of aliphatic hydroxyl groups excluding tert-OH is 3. The third-order valence-electron chi connectivity index (χ3n) is 5.28. The normalized spacial score (nSPS) is 43.4. The van der Waals surface area contributed by atoms with Gasteiger partial charge in [-0.05, 0) is 5.75 Å². The number of hydrogen-bond acceptors (Lipinski definition) is 11. The summed E-state index contributed by atoms with van der Waals surface area (Å²) >= 11 is 1.55. The number of rotatable bonds is 10.